The van der Waals surface area contributed by atoms with Crippen LogP contribution in [0.1, 0.15) is 64.8 Å². The number of hydrogen-bond acceptors (Lipinski definition) is 5. The molecule has 5 rings (SSSR count). The average Bonchev–Trinajstić information content (AvgIpc) is 3.19. The van der Waals surface area contributed by atoms with Crippen molar-refractivity contribution in [3.63, 3.8) is 0 Å². The minimum absolute atomic E-state index is 0.0809. The van der Waals surface area contributed by atoms with E-state index in [1.807, 2.05) is 19.1 Å². The van der Waals surface area contributed by atoms with Crippen LogP contribution >= 0.6 is 22.9 Å². The summed E-state index contributed by atoms with van der Waals surface area (Å²) in [7, 11) is 0. The minimum Gasteiger partial charge on any atom is -0.368 e. The molecular formula is C25H29ClN4OS. The van der Waals surface area contributed by atoms with E-state index in [2.05, 4.69) is 39.5 Å². The maximum absolute atomic E-state index is 13.8. The molecule has 168 valence electrons. The van der Waals surface area contributed by atoms with E-state index in [1.165, 1.54) is 19.3 Å². The molecule has 5 nitrogen and oxygen atoms in total. The van der Waals surface area contributed by atoms with Crippen molar-refractivity contribution in [3.05, 3.63) is 63.2 Å². The van der Waals surface area contributed by atoms with Crippen molar-refractivity contribution < 1.29 is 4.79 Å². The quantitative estimate of drug-likeness (QED) is 0.585. The summed E-state index contributed by atoms with van der Waals surface area (Å²) in [6.07, 6.45) is 17.1. The number of thiazole rings is 1. The SMILES string of the molecule is Cc1nc(C(=O)N2CCC3(CCC3)CC2CNc2ccc(Cl)cn2)c([C@H]2C=CC=CC2)s1. The first-order chi connectivity index (χ1) is 15.5. The smallest absolute Gasteiger partial charge is 0.273 e. The van der Waals surface area contributed by atoms with E-state index >= 15 is 0 Å². The number of carbonyl (C=O) groups excluding carboxylic acids is 1. The number of pyridine rings is 1. The van der Waals surface area contributed by atoms with Crippen molar-refractivity contribution in [2.24, 2.45) is 5.41 Å². The van der Waals surface area contributed by atoms with Crippen LogP contribution in [-0.2, 0) is 0 Å². The van der Waals surface area contributed by atoms with Crippen molar-refractivity contribution in [1.29, 1.82) is 0 Å². The van der Waals surface area contributed by atoms with Crippen LogP contribution in [0.2, 0.25) is 5.02 Å². The van der Waals surface area contributed by atoms with Crippen molar-refractivity contribution in [3.8, 4) is 0 Å². The lowest BCUT2D eigenvalue weighted by Crippen LogP contribution is -2.54. The van der Waals surface area contributed by atoms with Crippen LogP contribution in [0.5, 0.6) is 0 Å². The number of allylic oxidation sites excluding steroid dienone is 4. The van der Waals surface area contributed by atoms with Crippen LogP contribution in [0.3, 0.4) is 0 Å². The molecule has 1 amide bonds. The van der Waals surface area contributed by atoms with Crippen LogP contribution in [-0.4, -0.2) is 39.9 Å². The lowest BCUT2D eigenvalue weighted by Gasteiger charge is -2.51. The third kappa shape index (κ3) is 4.35. The van der Waals surface area contributed by atoms with E-state index in [9.17, 15) is 4.79 Å². The van der Waals surface area contributed by atoms with Gasteiger partial charge in [0.2, 0.25) is 0 Å². The van der Waals surface area contributed by atoms with Gasteiger partial charge in [0.15, 0.2) is 0 Å². The van der Waals surface area contributed by atoms with E-state index in [4.69, 9.17) is 16.6 Å². The Bertz CT molecular complexity index is 1040. The number of likely N-dealkylation sites (tertiary alicyclic amines) is 1. The van der Waals surface area contributed by atoms with Gasteiger partial charge in [-0.2, -0.15) is 0 Å². The molecule has 2 atom stereocenters. The molecule has 2 aromatic rings. The summed E-state index contributed by atoms with van der Waals surface area (Å²) in [5.74, 6) is 1.11. The maximum atomic E-state index is 13.8. The molecule has 2 aliphatic carbocycles. The number of rotatable bonds is 5. The molecule has 1 N–H and O–H groups in total. The van der Waals surface area contributed by atoms with Gasteiger partial charge in [-0.15, -0.1) is 11.3 Å². The van der Waals surface area contributed by atoms with Gasteiger partial charge in [-0.05, 0) is 56.6 Å². The highest BCUT2D eigenvalue weighted by Crippen LogP contribution is 2.51. The van der Waals surface area contributed by atoms with Gasteiger partial charge in [0.05, 0.1) is 10.0 Å². The second kappa shape index (κ2) is 8.99. The molecule has 1 saturated carbocycles. The number of halogens is 1. The van der Waals surface area contributed by atoms with Gasteiger partial charge in [0.25, 0.3) is 5.91 Å². The average molecular weight is 469 g/mol. The summed E-state index contributed by atoms with van der Waals surface area (Å²) in [5, 5.41) is 5.02. The molecule has 2 fully saturated rings. The number of piperidine rings is 1. The second-order valence-corrected chi connectivity index (χ2v) is 11.0. The standard InChI is InChI=1S/C25H29ClN4OS/c1-17-29-22(23(32-17)18-6-3-2-4-7-18)24(31)30-13-12-25(10-5-11-25)14-20(30)16-28-21-9-8-19(26)15-27-21/h2-4,6,8-9,15,18,20H,5,7,10-14,16H2,1H3,(H,27,28)/t18-,20?/m0/s1. The Labute approximate surface area is 198 Å². The summed E-state index contributed by atoms with van der Waals surface area (Å²) in [6.45, 7) is 3.49. The number of hydrogen-bond donors (Lipinski definition) is 1. The molecule has 2 aromatic heterocycles. The number of nitrogens with zero attached hydrogens (tertiary/aromatic N) is 3. The van der Waals surface area contributed by atoms with E-state index in [-0.39, 0.29) is 17.9 Å². The van der Waals surface area contributed by atoms with Crippen LogP contribution in [0, 0.1) is 12.3 Å². The predicted octanol–water partition coefficient (Wildman–Crippen LogP) is 5.99. The van der Waals surface area contributed by atoms with E-state index in [1.54, 1.807) is 17.5 Å². The Kier molecular flexibility index (Phi) is 6.08. The zero-order chi connectivity index (χ0) is 22.1. The first-order valence-corrected chi connectivity index (χ1v) is 12.7. The molecule has 0 radical (unpaired) electrons. The Morgan fingerprint density at radius 2 is 2.19 bits per heavy atom. The monoisotopic (exact) mass is 468 g/mol. The van der Waals surface area contributed by atoms with E-state index in [0.29, 0.717) is 22.7 Å². The van der Waals surface area contributed by atoms with Crippen LogP contribution in [0.25, 0.3) is 0 Å². The number of aryl methyl sites for hydroxylation is 1. The molecule has 0 aromatic carbocycles. The van der Waals surface area contributed by atoms with Gasteiger partial charge in [0.1, 0.15) is 11.5 Å². The highest BCUT2D eigenvalue weighted by Gasteiger charge is 2.45. The fraction of sp³-hybridized carbons (Fsp3) is 0.480. The number of carbonyl (C=O) groups is 1. The van der Waals surface area contributed by atoms with Crippen LogP contribution in [0.4, 0.5) is 5.82 Å². The van der Waals surface area contributed by atoms with E-state index < -0.39 is 0 Å². The molecule has 1 saturated heterocycles. The summed E-state index contributed by atoms with van der Waals surface area (Å²) in [5.41, 5.74) is 1.06. The van der Waals surface area contributed by atoms with Gasteiger partial charge in [-0.3, -0.25) is 4.79 Å². The van der Waals surface area contributed by atoms with Gasteiger partial charge >= 0.3 is 0 Å². The van der Waals surface area contributed by atoms with Gasteiger partial charge in [0, 0.05) is 36.1 Å². The molecule has 7 heteroatoms. The van der Waals surface area contributed by atoms with Crippen LogP contribution < -0.4 is 5.32 Å². The predicted molar refractivity (Wildman–Crippen MR) is 131 cm³/mol. The highest BCUT2D eigenvalue weighted by atomic mass is 35.5. The lowest BCUT2D eigenvalue weighted by atomic mass is 9.61. The summed E-state index contributed by atoms with van der Waals surface area (Å²) < 4.78 is 0. The number of amides is 1. The van der Waals surface area contributed by atoms with Crippen molar-refractivity contribution in [2.45, 2.75) is 57.4 Å². The highest BCUT2D eigenvalue weighted by molar-refractivity contribution is 7.12. The number of anilines is 1. The zero-order valence-corrected chi connectivity index (χ0v) is 20.0. The Hall–Kier alpha value is -2.18. The summed E-state index contributed by atoms with van der Waals surface area (Å²) in [6, 6.07) is 3.86. The molecule has 3 heterocycles. The molecule has 1 aliphatic heterocycles. The fourth-order valence-electron chi connectivity index (χ4n) is 5.29. The van der Waals surface area contributed by atoms with E-state index in [0.717, 1.165) is 41.5 Å². The van der Waals surface area contributed by atoms with Crippen molar-refractivity contribution in [1.82, 2.24) is 14.9 Å². The molecule has 1 unspecified atom stereocenters. The first kappa shape index (κ1) is 21.7. The zero-order valence-electron chi connectivity index (χ0n) is 18.4. The third-order valence-electron chi connectivity index (χ3n) is 7.19. The molecule has 0 bridgehead atoms. The van der Waals surface area contributed by atoms with Gasteiger partial charge in [-0.1, -0.05) is 42.3 Å². The number of nitrogens with one attached hydrogen (secondary N) is 1. The first-order valence-electron chi connectivity index (χ1n) is 11.5. The minimum atomic E-state index is 0.0809. The Morgan fingerprint density at radius 1 is 1.31 bits per heavy atom. The maximum Gasteiger partial charge on any atom is 0.273 e. The lowest BCUT2D eigenvalue weighted by molar-refractivity contribution is 0.00297. The largest absolute Gasteiger partial charge is 0.368 e. The summed E-state index contributed by atoms with van der Waals surface area (Å²) >= 11 is 7.64. The molecule has 32 heavy (non-hydrogen) atoms. The summed E-state index contributed by atoms with van der Waals surface area (Å²) in [4.78, 5) is 26.1. The molecular weight excluding hydrogens is 440 g/mol. The fourth-order valence-corrected chi connectivity index (χ4v) is 6.42. The van der Waals surface area contributed by atoms with Crippen molar-refractivity contribution >= 4 is 34.7 Å². The number of aromatic nitrogens is 2. The normalized spacial score (nSPS) is 23.9. The third-order valence-corrected chi connectivity index (χ3v) is 8.52. The molecule has 3 aliphatic rings. The van der Waals surface area contributed by atoms with Gasteiger partial charge < -0.3 is 10.2 Å². The molecule has 1 spiro atoms. The van der Waals surface area contributed by atoms with Crippen molar-refractivity contribution in [2.75, 3.05) is 18.4 Å². The Morgan fingerprint density at radius 3 is 2.88 bits per heavy atom. The Balaban J connectivity index is 1.37. The van der Waals surface area contributed by atoms with Crippen LogP contribution in [0.15, 0.2) is 42.6 Å². The topological polar surface area (TPSA) is 58.1 Å². The second-order valence-electron chi connectivity index (χ2n) is 9.30. The van der Waals surface area contributed by atoms with Gasteiger partial charge in [-0.25, -0.2) is 9.97 Å².